The second-order valence-corrected chi connectivity index (χ2v) is 5.45. The van der Waals surface area contributed by atoms with Crippen molar-refractivity contribution in [1.82, 2.24) is 5.32 Å². The molecule has 0 atom stereocenters. The summed E-state index contributed by atoms with van der Waals surface area (Å²) < 4.78 is 15.3. The molecule has 0 aromatic heterocycles. The molecule has 2 rings (SSSR count). The van der Waals surface area contributed by atoms with Crippen LogP contribution in [0.3, 0.4) is 0 Å². The van der Waals surface area contributed by atoms with Gasteiger partial charge in [-0.15, -0.1) is 0 Å². The predicted molar refractivity (Wildman–Crippen MR) is 93.1 cm³/mol. The van der Waals surface area contributed by atoms with Gasteiger partial charge >= 0.3 is 5.97 Å². The number of carbonyl (C=O) groups is 2. The van der Waals surface area contributed by atoms with Gasteiger partial charge in [0.25, 0.3) is 5.91 Å². The van der Waals surface area contributed by atoms with E-state index in [1.807, 2.05) is 0 Å². The number of hydrogen-bond donors (Lipinski definition) is 1. The number of nitrogens with one attached hydrogen (secondary N) is 1. The molecule has 0 unspecified atom stereocenters. The first-order valence-electron chi connectivity index (χ1n) is 7.44. The summed E-state index contributed by atoms with van der Waals surface area (Å²) in [5, 5.41) is 3.28. The Bertz CT molecular complexity index is 723. The molecule has 6 nitrogen and oxygen atoms in total. The quantitative estimate of drug-likeness (QED) is 0.766. The van der Waals surface area contributed by atoms with Crippen LogP contribution in [-0.4, -0.2) is 32.7 Å². The van der Waals surface area contributed by atoms with Crippen molar-refractivity contribution >= 4 is 23.5 Å². The fourth-order valence-electron chi connectivity index (χ4n) is 2.11. The first-order chi connectivity index (χ1) is 12.0. The molecule has 0 fully saturated rings. The highest BCUT2D eigenvalue weighted by atomic mass is 35.5. The van der Waals surface area contributed by atoms with E-state index in [9.17, 15) is 9.59 Å². The third kappa shape index (κ3) is 5.12. The van der Waals surface area contributed by atoms with Crippen LogP contribution in [0.5, 0.6) is 11.5 Å². The summed E-state index contributed by atoms with van der Waals surface area (Å²) in [6.07, 6.45) is 0. The molecule has 25 heavy (non-hydrogen) atoms. The number of methoxy groups -OCH3 is 2. The van der Waals surface area contributed by atoms with E-state index in [1.54, 1.807) is 42.5 Å². The number of hydrogen-bond acceptors (Lipinski definition) is 5. The molecule has 0 bridgehead atoms. The Morgan fingerprint density at radius 2 is 1.60 bits per heavy atom. The van der Waals surface area contributed by atoms with Crippen molar-refractivity contribution in [2.75, 3.05) is 20.8 Å². The van der Waals surface area contributed by atoms with Gasteiger partial charge < -0.3 is 19.5 Å². The number of amides is 1. The van der Waals surface area contributed by atoms with Crippen molar-refractivity contribution < 1.29 is 23.8 Å². The van der Waals surface area contributed by atoms with Crippen LogP contribution in [-0.2, 0) is 16.1 Å². The average molecular weight is 364 g/mol. The normalized spacial score (nSPS) is 10.0. The fourth-order valence-corrected chi connectivity index (χ4v) is 2.24. The minimum absolute atomic E-state index is 0.137. The van der Waals surface area contributed by atoms with Crippen LogP contribution in [0.25, 0.3) is 0 Å². The maximum Gasteiger partial charge on any atom is 0.346 e. The van der Waals surface area contributed by atoms with E-state index in [4.69, 9.17) is 25.8 Å². The molecule has 0 saturated heterocycles. The van der Waals surface area contributed by atoms with Crippen molar-refractivity contribution in [2.45, 2.75) is 6.54 Å². The van der Waals surface area contributed by atoms with Crippen molar-refractivity contribution in [2.24, 2.45) is 0 Å². The molecule has 0 heterocycles. The van der Waals surface area contributed by atoms with Gasteiger partial charge in [0.05, 0.1) is 14.2 Å². The number of rotatable bonds is 7. The van der Waals surface area contributed by atoms with E-state index in [1.165, 1.54) is 14.2 Å². The van der Waals surface area contributed by atoms with Gasteiger partial charge in [-0.05, 0) is 29.8 Å². The lowest BCUT2D eigenvalue weighted by molar-refractivity contribution is -0.124. The second kappa shape index (κ2) is 8.94. The largest absolute Gasteiger partial charge is 0.496 e. The fraction of sp³-hybridized carbons (Fsp3) is 0.222. The molecule has 2 aromatic carbocycles. The SMILES string of the molecule is COc1cccc(OC)c1C(=O)OCC(=O)NCc1ccc(Cl)cc1. The topological polar surface area (TPSA) is 73.9 Å². The number of benzene rings is 2. The highest BCUT2D eigenvalue weighted by Crippen LogP contribution is 2.28. The van der Waals surface area contributed by atoms with E-state index in [0.717, 1.165) is 5.56 Å². The van der Waals surface area contributed by atoms with E-state index in [2.05, 4.69) is 5.32 Å². The first-order valence-corrected chi connectivity index (χ1v) is 7.82. The van der Waals surface area contributed by atoms with Crippen LogP contribution in [0.15, 0.2) is 42.5 Å². The van der Waals surface area contributed by atoms with Crippen LogP contribution >= 0.6 is 11.6 Å². The first kappa shape index (κ1) is 18.6. The third-order valence-electron chi connectivity index (χ3n) is 3.37. The van der Waals surface area contributed by atoms with E-state index >= 15 is 0 Å². The Labute approximate surface area is 150 Å². The summed E-state index contributed by atoms with van der Waals surface area (Å²) in [6.45, 7) is -0.0981. The van der Waals surface area contributed by atoms with Gasteiger partial charge in [-0.25, -0.2) is 4.79 Å². The van der Waals surface area contributed by atoms with Crippen molar-refractivity contribution in [3.05, 3.63) is 58.6 Å². The zero-order valence-corrected chi connectivity index (χ0v) is 14.6. The molecular formula is C18H18ClNO5. The molecule has 2 aromatic rings. The van der Waals surface area contributed by atoms with Gasteiger partial charge in [0.1, 0.15) is 17.1 Å². The average Bonchev–Trinajstić information content (AvgIpc) is 2.64. The molecule has 0 aliphatic heterocycles. The molecule has 0 aliphatic rings. The maximum atomic E-state index is 12.2. The molecule has 1 amide bonds. The van der Waals surface area contributed by atoms with Crippen LogP contribution < -0.4 is 14.8 Å². The maximum absolute atomic E-state index is 12.2. The molecule has 0 saturated carbocycles. The van der Waals surface area contributed by atoms with Crippen molar-refractivity contribution in [1.29, 1.82) is 0 Å². The smallest absolute Gasteiger partial charge is 0.346 e. The number of ether oxygens (including phenoxy) is 3. The predicted octanol–water partition coefficient (Wildman–Crippen LogP) is 2.83. The van der Waals surface area contributed by atoms with Gasteiger partial charge in [0.2, 0.25) is 0 Å². The summed E-state index contributed by atoms with van der Waals surface area (Å²) in [5.41, 5.74) is 1.02. The monoisotopic (exact) mass is 363 g/mol. The molecular weight excluding hydrogens is 346 g/mol. The Hall–Kier alpha value is -2.73. The summed E-state index contributed by atoms with van der Waals surface area (Å²) in [4.78, 5) is 24.1. The molecule has 7 heteroatoms. The Morgan fingerprint density at radius 1 is 1.00 bits per heavy atom. The summed E-state index contributed by atoms with van der Waals surface area (Å²) in [6, 6.07) is 12.0. The van der Waals surface area contributed by atoms with Gasteiger partial charge in [-0.2, -0.15) is 0 Å². The summed E-state index contributed by atoms with van der Waals surface area (Å²) >= 11 is 5.80. The number of carbonyl (C=O) groups excluding carboxylic acids is 2. The van der Waals surface area contributed by atoms with Gasteiger partial charge in [0.15, 0.2) is 6.61 Å². The Balaban J connectivity index is 1.91. The minimum Gasteiger partial charge on any atom is -0.496 e. The van der Waals surface area contributed by atoms with Crippen LogP contribution in [0.2, 0.25) is 5.02 Å². The zero-order valence-electron chi connectivity index (χ0n) is 13.9. The minimum atomic E-state index is -0.698. The van der Waals surface area contributed by atoms with E-state index in [0.29, 0.717) is 23.1 Å². The zero-order chi connectivity index (χ0) is 18.2. The van der Waals surface area contributed by atoms with Crippen LogP contribution in [0.4, 0.5) is 0 Å². The summed E-state index contributed by atoms with van der Waals surface area (Å²) in [7, 11) is 2.87. The van der Waals surface area contributed by atoms with Crippen LogP contribution in [0, 0.1) is 0 Å². The van der Waals surface area contributed by atoms with Crippen LogP contribution in [0.1, 0.15) is 15.9 Å². The molecule has 0 spiro atoms. The van der Waals surface area contributed by atoms with Crippen molar-refractivity contribution in [3.63, 3.8) is 0 Å². The lowest BCUT2D eigenvalue weighted by atomic mass is 10.2. The molecule has 0 aliphatic carbocycles. The molecule has 132 valence electrons. The molecule has 0 radical (unpaired) electrons. The van der Waals surface area contributed by atoms with Gasteiger partial charge in [-0.1, -0.05) is 29.8 Å². The lowest BCUT2D eigenvalue weighted by Crippen LogP contribution is -2.28. The number of halogens is 1. The Morgan fingerprint density at radius 3 is 2.16 bits per heavy atom. The Kier molecular flexibility index (Phi) is 6.65. The lowest BCUT2D eigenvalue weighted by Gasteiger charge is -2.12. The molecule has 1 N–H and O–H groups in total. The highest BCUT2D eigenvalue weighted by Gasteiger charge is 2.20. The van der Waals surface area contributed by atoms with E-state index in [-0.39, 0.29) is 5.56 Å². The van der Waals surface area contributed by atoms with Crippen molar-refractivity contribution in [3.8, 4) is 11.5 Å². The highest BCUT2D eigenvalue weighted by molar-refractivity contribution is 6.30. The number of esters is 1. The van der Waals surface area contributed by atoms with Gasteiger partial charge in [-0.3, -0.25) is 4.79 Å². The summed E-state index contributed by atoms with van der Waals surface area (Å²) in [5.74, 6) is -0.495. The third-order valence-corrected chi connectivity index (χ3v) is 3.62. The van der Waals surface area contributed by atoms with E-state index < -0.39 is 18.5 Å². The second-order valence-electron chi connectivity index (χ2n) is 5.02. The standard InChI is InChI=1S/C18H18ClNO5/c1-23-14-4-3-5-15(24-2)17(14)18(22)25-11-16(21)20-10-12-6-8-13(19)9-7-12/h3-9H,10-11H2,1-2H3,(H,20,21). The van der Waals surface area contributed by atoms with Gasteiger partial charge in [0, 0.05) is 11.6 Å².